The Balaban J connectivity index is 1.95. The van der Waals surface area contributed by atoms with E-state index in [9.17, 15) is 4.79 Å². The first-order chi connectivity index (χ1) is 8.28. The summed E-state index contributed by atoms with van der Waals surface area (Å²) in [5, 5.41) is 0. The first-order valence-corrected chi connectivity index (χ1v) is 6.92. The van der Waals surface area contributed by atoms with E-state index in [4.69, 9.17) is 4.74 Å². The van der Waals surface area contributed by atoms with Gasteiger partial charge < -0.3 is 14.5 Å². The van der Waals surface area contributed by atoms with Gasteiger partial charge in [-0.25, -0.2) is 4.79 Å². The number of rotatable bonds is 1. The summed E-state index contributed by atoms with van der Waals surface area (Å²) in [7, 11) is 4.28. The highest BCUT2D eigenvalue weighted by atomic mass is 16.6. The smallest absolute Gasteiger partial charge is 0.410 e. The Morgan fingerprint density at radius 2 is 1.89 bits per heavy atom. The predicted molar refractivity (Wildman–Crippen MR) is 71.5 cm³/mol. The molecule has 4 heteroatoms. The van der Waals surface area contributed by atoms with Crippen LogP contribution >= 0.6 is 0 Å². The lowest BCUT2D eigenvalue weighted by Gasteiger charge is -2.27. The van der Waals surface area contributed by atoms with Gasteiger partial charge in [0.25, 0.3) is 0 Å². The van der Waals surface area contributed by atoms with Crippen LogP contribution in [0.1, 0.15) is 33.6 Å². The maximum atomic E-state index is 12.1. The summed E-state index contributed by atoms with van der Waals surface area (Å²) in [6.45, 7) is 7.51. The van der Waals surface area contributed by atoms with E-state index in [2.05, 4.69) is 19.0 Å². The minimum atomic E-state index is -0.393. The Morgan fingerprint density at radius 3 is 2.44 bits per heavy atom. The van der Waals surface area contributed by atoms with E-state index in [1.54, 1.807) is 0 Å². The van der Waals surface area contributed by atoms with E-state index in [1.807, 2.05) is 25.7 Å². The van der Waals surface area contributed by atoms with Crippen LogP contribution in [-0.2, 0) is 4.74 Å². The molecule has 0 bridgehead atoms. The van der Waals surface area contributed by atoms with E-state index in [-0.39, 0.29) is 6.09 Å². The maximum absolute atomic E-state index is 12.1. The van der Waals surface area contributed by atoms with Crippen LogP contribution in [0.3, 0.4) is 0 Å². The van der Waals surface area contributed by atoms with Crippen LogP contribution in [0.15, 0.2) is 0 Å². The zero-order valence-electron chi connectivity index (χ0n) is 12.3. The Kier molecular flexibility index (Phi) is 3.58. The van der Waals surface area contributed by atoms with E-state index >= 15 is 0 Å². The Hall–Kier alpha value is -0.770. The van der Waals surface area contributed by atoms with Crippen molar-refractivity contribution < 1.29 is 9.53 Å². The molecular formula is C14H26N2O2. The first-order valence-electron chi connectivity index (χ1n) is 6.92. The average molecular weight is 254 g/mol. The van der Waals surface area contributed by atoms with Gasteiger partial charge in [-0.3, -0.25) is 0 Å². The summed E-state index contributed by atoms with van der Waals surface area (Å²) in [6.07, 6.45) is 2.37. The zero-order valence-corrected chi connectivity index (χ0v) is 12.3. The van der Waals surface area contributed by atoms with Gasteiger partial charge in [-0.15, -0.1) is 0 Å². The SMILES string of the molecule is CN(C)[C@@H]1CC[C@@H]2CN(C(=O)OC(C)(C)C)C[C@@H]21. The largest absolute Gasteiger partial charge is 0.444 e. The summed E-state index contributed by atoms with van der Waals surface area (Å²) in [5.74, 6) is 1.30. The van der Waals surface area contributed by atoms with Crippen LogP contribution in [0.4, 0.5) is 4.79 Å². The topological polar surface area (TPSA) is 32.8 Å². The van der Waals surface area contributed by atoms with Crippen molar-refractivity contribution in [3.8, 4) is 0 Å². The molecule has 18 heavy (non-hydrogen) atoms. The molecule has 3 atom stereocenters. The zero-order chi connectivity index (χ0) is 13.5. The Labute approximate surface area is 110 Å². The lowest BCUT2D eigenvalue weighted by Crippen LogP contribution is -2.38. The second-order valence-electron chi connectivity index (χ2n) is 6.92. The fourth-order valence-electron chi connectivity index (χ4n) is 3.35. The van der Waals surface area contributed by atoms with Gasteiger partial charge in [-0.05, 0) is 59.5 Å². The highest BCUT2D eigenvalue weighted by Crippen LogP contribution is 2.40. The molecule has 4 nitrogen and oxygen atoms in total. The second kappa shape index (κ2) is 4.72. The molecule has 1 aliphatic heterocycles. The molecule has 2 aliphatic rings. The van der Waals surface area contributed by atoms with E-state index < -0.39 is 5.60 Å². The molecule has 0 N–H and O–H groups in total. The van der Waals surface area contributed by atoms with Crippen molar-refractivity contribution in [2.75, 3.05) is 27.2 Å². The minimum absolute atomic E-state index is 0.144. The normalized spacial score (nSPS) is 31.9. The van der Waals surface area contributed by atoms with Gasteiger partial charge in [0.1, 0.15) is 5.60 Å². The summed E-state index contributed by atoms with van der Waals surface area (Å²) >= 11 is 0. The number of hydrogen-bond acceptors (Lipinski definition) is 3. The highest BCUT2D eigenvalue weighted by molar-refractivity contribution is 5.68. The number of ether oxygens (including phenoxy) is 1. The summed E-state index contributed by atoms with van der Waals surface area (Å²) in [6, 6.07) is 0.627. The number of amides is 1. The summed E-state index contributed by atoms with van der Waals surface area (Å²) in [5.41, 5.74) is -0.393. The molecule has 1 aliphatic carbocycles. The third-order valence-corrected chi connectivity index (χ3v) is 4.13. The number of hydrogen-bond donors (Lipinski definition) is 0. The number of fused-ring (bicyclic) bond motifs is 1. The van der Waals surface area contributed by atoms with Crippen LogP contribution < -0.4 is 0 Å². The third kappa shape index (κ3) is 2.79. The van der Waals surface area contributed by atoms with Crippen LogP contribution in [0.25, 0.3) is 0 Å². The molecule has 2 fully saturated rings. The molecular weight excluding hydrogens is 228 g/mol. The van der Waals surface area contributed by atoms with Gasteiger partial charge in [0, 0.05) is 19.1 Å². The molecule has 0 spiro atoms. The lowest BCUT2D eigenvalue weighted by atomic mass is 9.97. The molecule has 0 aromatic heterocycles. The van der Waals surface area contributed by atoms with Crippen LogP contribution in [-0.4, -0.2) is 54.7 Å². The second-order valence-corrected chi connectivity index (χ2v) is 6.92. The lowest BCUT2D eigenvalue weighted by molar-refractivity contribution is 0.0273. The molecule has 104 valence electrons. The summed E-state index contributed by atoms with van der Waals surface area (Å²) < 4.78 is 5.46. The number of carbonyl (C=O) groups is 1. The molecule has 1 heterocycles. The molecule has 0 radical (unpaired) electrons. The quantitative estimate of drug-likeness (QED) is 0.719. The number of carbonyl (C=O) groups excluding carboxylic acids is 1. The van der Waals surface area contributed by atoms with Crippen molar-refractivity contribution in [1.82, 2.24) is 9.80 Å². The van der Waals surface area contributed by atoms with Crippen molar-refractivity contribution in [3.63, 3.8) is 0 Å². The van der Waals surface area contributed by atoms with Crippen molar-refractivity contribution in [3.05, 3.63) is 0 Å². The van der Waals surface area contributed by atoms with Gasteiger partial charge in [-0.1, -0.05) is 0 Å². The molecule has 1 amide bonds. The van der Waals surface area contributed by atoms with Gasteiger partial charge in [-0.2, -0.15) is 0 Å². The van der Waals surface area contributed by atoms with Gasteiger partial charge in [0.2, 0.25) is 0 Å². The molecule has 0 aromatic rings. The molecule has 1 saturated heterocycles. The van der Waals surface area contributed by atoms with E-state index in [1.165, 1.54) is 12.8 Å². The maximum Gasteiger partial charge on any atom is 0.410 e. The van der Waals surface area contributed by atoms with Crippen LogP contribution in [0.5, 0.6) is 0 Å². The first kappa shape index (κ1) is 13.7. The summed E-state index contributed by atoms with van der Waals surface area (Å²) in [4.78, 5) is 16.3. The fraction of sp³-hybridized carbons (Fsp3) is 0.929. The molecule has 1 saturated carbocycles. The number of likely N-dealkylation sites (tertiary alicyclic amines) is 1. The van der Waals surface area contributed by atoms with Gasteiger partial charge in [0.05, 0.1) is 0 Å². The van der Waals surface area contributed by atoms with Crippen molar-refractivity contribution >= 4 is 6.09 Å². The minimum Gasteiger partial charge on any atom is -0.444 e. The highest BCUT2D eigenvalue weighted by Gasteiger charge is 2.45. The van der Waals surface area contributed by atoms with Crippen LogP contribution in [0, 0.1) is 11.8 Å². The fourth-order valence-corrected chi connectivity index (χ4v) is 3.35. The predicted octanol–water partition coefficient (Wildman–Crippen LogP) is 2.19. The number of nitrogens with zero attached hydrogens (tertiary/aromatic N) is 2. The van der Waals surface area contributed by atoms with Crippen molar-refractivity contribution in [2.45, 2.75) is 45.3 Å². The van der Waals surface area contributed by atoms with Crippen molar-refractivity contribution in [1.29, 1.82) is 0 Å². The van der Waals surface area contributed by atoms with Gasteiger partial charge in [0.15, 0.2) is 0 Å². The molecule has 2 rings (SSSR count). The third-order valence-electron chi connectivity index (χ3n) is 4.13. The molecule has 0 unspecified atom stereocenters. The standard InChI is InChI=1S/C14H26N2O2/c1-14(2,3)18-13(17)16-8-10-6-7-12(15(4)5)11(10)9-16/h10-12H,6-9H2,1-5H3/t10-,11+,12-/m1/s1. The monoisotopic (exact) mass is 254 g/mol. The van der Waals surface area contributed by atoms with Crippen molar-refractivity contribution in [2.24, 2.45) is 11.8 Å². The van der Waals surface area contributed by atoms with E-state index in [0.29, 0.717) is 17.9 Å². The van der Waals surface area contributed by atoms with E-state index in [0.717, 1.165) is 13.1 Å². The molecule has 0 aromatic carbocycles. The van der Waals surface area contributed by atoms with Crippen LogP contribution in [0.2, 0.25) is 0 Å². The van der Waals surface area contributed by atoms with Gasteiger partial charge >= 0.3 is 6.09 Å². The Bertz CT molecular complexity index is 322. The average Bonchev–Trinajstić information content (AvgIpc) is 2.70. The Morgan fingerprint density at radius 1 is 1.22 bits per heavy atom.